The fraction of sp³-hybridized carbons (Fsp3) is 0.160. The Labute approximate surface area is 179 Å². The molecule has 0 aliphatic carbocycles. The first-order valence-corrected chi connectivity index (χ1v) is 9.96. The minimum absolute atomic E-state index is 0.113. The van der Waals surface area contributed by atoms with Crippen molar-refractivity contribution in [3.05, 3.63) is 89.0 Å². The van der Waals surface area contributed by atoms with E-state index in [0.717, 1.165) is 11.1 Å². The zero-order valence-corrected chi connectivity index (χ0v) is 17.0. The molecule has 1 N–H and O–H groups in total. The molecule has 1 fully saturated rings. The molecule has 0 bridgehead atoms. The Morgan fingerprint density at radius 1 is 1.16 bits per heavy atom. The van der Waals surface area contributed by atoms with Gasteiger partial charge in [-0.1, -0.05) is 24.0 Å². The van der Waals surface area contributed by atoms with Crippen molar-refractivity contribution in [1.82, 2.24) is 4.98 Å². The fourth-order valence-corrected chi connectivity index (χ4v) is 3.44. The maximum Gasteiger partial charge on any atom is 0.255 e. The van der Waals surface area contributed by atoms with Crippen LogP contribution in [0.2, 0.25) is 0 Å². The SMILES string of the molecule is Cc1ccc(C(=O)Nc2cccc(F)c2N2CCCC2=O)cc1C#Cc1cccnc1. The number of rotatable bonds is 3. The molecule has 6 heteroatoms. The predicted octanol–water partition coefficient (Wildman–Crippen LogP) is 4.31. The van der Waals surface area contributed by atoms with E-state index in [4.69, 9.17) is 0 Å². The van der Waals surface area contributed by atoms with Crippen molar-refractivity contribution in [1.29, 1.82) is 0 Å². The quantitative estimate of drug-likeness (QED) is 0.651. The molecule has 0 unspecified atom stereocenters. The molecule has 5 nitrogen and oxygen atoms in total. The van der Waals surface area contributed by atoms with Gasteiger partial charge in [0.25, 0.3) is 5.91 Å². The van der Waals surface area contributed by atoms with E-state index in [1.807, 2.05) is 25.1 Å². The van der Waals surface area contributed by atoms with Crippen molar-refractivity contribution in [2.24, 2.45) is 0 Å². The van der Waals surface area contributed by atoms with Crippen molar-refractivity contribution in [2.45, 2.75) is 19.8 Å². The largest absolute Gasteiger partial charge is 0.320 e. The molecule has 0 radical (unpaired) electrons. The van der Waals surface area contributed by atoms with Crippen LogP contribution in [0.15, 0.2) is 60.9 Å². The van der Waals surface area contributed by atoms with E-state index in [-0.39, 0.29) is 17.3 Å². The Bertz CT molecular complexity index is 1210. The Kier molecular flexibility index (Phi) is 5.76. The molecule has 1 aromatic heterocycles. The number of halogens is 1. The average Bonchev–Trinajstić information content (AvgIpc) is 3.19. The molecule has 4 rings (SSSR count). The van der Waals surface area contributed by atoms with Crippen molar-refractivity contribution >= 4 is 23.2 Å². The molecule has 1 aliphatic heterocycles. The van der Waals surface area contributed by atoms with Crippen LogP contribution in [0.4, 0.5) is 15.8 Å². The van der Waals surface area contributed by atoms with Gasteiger partial charge in [0.05, 0.1) is 5.69 Å². The summed E-state index contributed by atoms with van der Waals surface area (Å²) in [6, 6.07) is 13.3. The Hall–Kier alpha value is -3.98. The van der Waals surface area contributed by atoms with Gasteiger partial charge in [0.1, 0.15) is 11.5 Å². The lowest BCUT2D eigenvalue weighted by molar-refractivity contribution is -0.117. The monoisotopic (exact) mass is 413 g/mol. The summed E-state index contributed by atoms with van der Waals surface area (Å²) in [6.07, 6.45) is 4.39. The summed E-state index contributed by atoms with van der Waals surface area (Å²) in [5.74, 6) is 5.02. The lowest BCUT2D eigenvalue weighted by atomic mass is 10.0. The molecule has 2 aromatic carbocycles. The summed E-state index contributed by atoms with van der Waals surface area (Å²) < 4.78 is 14.5. The number of para-hydroxylation sites is 1. The zero-order chi connectivity index (χ0) is 21.8. The van der Waals surface area contributed by atoms with E-state index in [0.29, 0.717) is 30.5 Å². The summed E-state index contributed by atoms with van der Waals surface area (Å²) >= 11 is 0. The number of aryl methyl sites for hydroxylation is 1. The molecule has 2 heterocycles. The summed E-state index contributed by atoms with van der Waals surface area (Å²) in [7, 11) is 0. The molecular weight excluding hydrogens is 393 g/mol. The van der Waals surface area contributed by atoms with Crippen molar-refractivity contribution in [3.8, 4) is 11.8 Å². The number of aromatic nitrogens is 1. The van der Waals surface area contributed by atoms with E-state index in [9.17, 15) is 14.0 Å². The van der Waals surface area contributed by atoms with Crippen LogP contribution in [-0.2, 0) is 4.79 Å². The maximum atomic E-state index is 14.5. The second kappa shape index (κ2) is 8.80. The first-order valence-electron chi connectivity index (χ1n) is 9.96. The van der Waals surface area contributed by atoms with Crippen LogP contribution in [-0.4, -0.2) is 23.3 Å². The normalized spacial score (nSPS) is 13.0. The highest BCUT2D eigenvalue weighted by Gasteiger charge is 2.27. The summed E-state index contributed by atoms with van der Waals surface area (Å²) in [5.41, 5.74) is 3.19. The highest BCUT2D eigenvalue weighted by atomic mass is 19.1. The summed E-state index contributed by atoms with van der Waals surface area (Å²) in [6.45, 7) is 2.35. The van der Waals surface area contributed by atoms with E-state index in [1.54, 1.807) is 30.6 Å². The number of hydrogen-bond acceptors (Lipinski definition) is 3. The first-order chi connectivity index (χ1) is 15.0. The molecular formula is C25H20FN3O2. The number of nitrogens with one attached hydrogen (secondary N) is 1. The molecule has 0 spiro atoms. The van der Waals surface area contributed by atoms with Gasteiger partial charge in [0.15, 0.2) is 0 Å². The second-order valence-electron chi connectivity index (χ2n) is 7.26. The molecule has 154 valence electrons. The van der Waals surface area contributed by atoms with Crippen LogP contribution in [0.3, 0.4) is 0 Å². The van der Waals surface area contributed by atoms with Gasteiger partial charge < -0.3 is 10.2 Å². The average molecular weight is 413 g/mol. The van der Waals surface area contributed by atoms with E-state index < -0.39 is 11.7 Å². The lowest BCUT2D eigenvalue weighted by Crippen LogP contribution is -2.26. The smallest absolute Gasteiger partial charge is 0.255 e. The standard InChI is InChI=1S/C25H20FN3O2/c1-17-9-11-20(15-19(17)12-10-18-5-3-13-27-16-18)25(31)28-22-7-2-6-21(26)24(22)29-14-4-8-23(29)30/h2-3,5-7,9,11,13,15-16H,4,8,14H2,1H3,(H,28,31). The zero-order valence-electron chi connectivity index (χ0n) is 17.0. The Balaban J connectivity index is 1.61. The summed E-state index contributed by atoms with van der Waals surface area (Å²) in [5, 5.41) is 2.75. The number of pyridine rings is 1. The van der Waals surface area contributed by atoms with Gasteiger partial charge in [-0.2, -0.15) is 0 Å². The fourth-order valence-electron chi connectivity index (χ4n) is 3.44. The number of carbonyl (C=O) groups excluding carboxylic acids is 2. The number of anilines is 2. The number of amides is 2. The molecule has 2 amide bonds. The number of benzene rings is 2. The van der Waals surface area contributed by atoms with Crippen LogP contribution in [0.25, 0.3) is 0 Å². The third-order valence-corrected chi connectivity index (χ3v) is 5.08. The predicted molar refractivity (Wildman–Crippen MR) is 117 cm³/mol. The van der Waals surface area contributed by atoms with Gasteiger partial charge in [-0.25, -0.2) is 4.39 Å². The van der Waals surface area contributed by atoms with Crippen LogP contribution in [0.1, 0.15) is 39.9 Å². The molecule has 0 atom stereocenters. The van der Waals surface area contributed by atoms with Crippen molar-refractivity contribution in [3.63, 3.8) is 0 Å². The highest BCUT2D eigenvalue weighted by Crippen LogP contribution is 2.32. The lowest BCUT2D eigenvalue weighted by Gasteiger charge is -2.20. The minimum Gasteiger partial charge on any atom is -0.320 e. The van der Waals surface area contributed by atoms with Crippen LogP contribution >= 0.6 is 0 Å². The maximum absolute atomic E-state index is 14.5. The molecule has 0 saturated carbocycles. The highest BCUT2D eigenvalue weighted by molar-refractivity contribution is 6.08. The van der Waals surface area contributed by atoms with Crippen molar-refractivity contribution in [2.75, 3.05) is 16.8 Å². The first kappa shape index (κ1) is 20.3. The Morgan fingerprint density at radius 3 is 2.77 bits per heavy atom. The minimum atomic E-state index is -0.542. The van der Waals surface area contributed by atoms with Crippen LogP contribution in [0, 0.1) is 24.6 Å². The number of hydrogen-bond donors (Lipinski definition) is 1. The topological polar surface area (TPSA) is 62.3 Å². The van der Waals surface area contributed by atoms with Gasteiger partial charge >= 0.3 is 0 Å². The molecule has 31 heavy (non-hydrogen) atoms. The van der Waals surface area contributed by atoms with E-state index in [1.165, 1.54) is 17.0 Å². The Morgan fingerprint density at radius 2 is 2.03 bits per heavy atom. The molecule has 1 saturated heterocycles. The third kappa shape index (κ3) is 4.46. The molecule has 3 aromatic rings. The van der Waals surface area contributed by atoms with Gasteiger partial charge in [-0.05, 0) is 55.3 Å². The summed E-state index contributed by atoms with van der Waals surface area (Å²) in [4.78, 5) is 30.5. The molecule has 1 aliphatic rings. The van der Waals surface area contributed by atoms with Gasteiger partial charge in [0, 0.05) is 42.0 Å². The van der Waals surface area contributed by atoms with Gasteiger partial charge in [-0.3, -0.25) is 14.6 Å². The third-order valence-electron chi connectivity index (χ3n) is 5.08. The van der Waals surface area contributed by atoms with Gasteiger partial charge in [0.2, 0.25) is 5.91 Å². The van der Waals surface area contributed by atoms with Crippen molar-refractivity contribution < 1.29 is 14.0 Å². The second-order valence-corrected chi connectivity index (χ2v) is 7.26. The van der Waals surface area contributed by atoms with Crippen LogP contribution in [0.5, 0.6) is 0 Å². The van der Waals surface area contributed by atoms with Crippen LogP contribution < -0.4 is 10.2 Å². The number of nitrogens with zero attached hydrogens (tertiary/aromatic N) is 2. The number of carbonyl (C=O) groups is 2. The van der Waals surface area contributed by atoms with Gasteiger partial charge in [-0.15, -0.1) is 0 Å². The van der Waals surface area contributed by atoms with E-state index >= 15 is 0 Å². The van der Waals surface area contributed by atoms with E-state index in [2.05, 4.69) is 22.1 Å².